The van der Waals surface area contributed by atoms with Crippen molar-refractivity contribution in [2.75, 3.05) is 26.4 Å². The van der Waals surface area contributed by atoms with E-state index in [1.807, 2.05) is 0 Å². The second-order valence-corrected chi connectivity index (χ2v) is 21.1. The van der Waals surface area contributed by atoms with Crippen LogP contribution in [-0.2, 0) is 23.7 Å². The molecule has 1 rings (SSSR count). The van der Waals surface area contributed by atoms with E-state index in [1.54, 1.807) is 0 Å². The Morgan fingerprint density at radius 2 is 0.786 bits per heavy atom. The average molecular weight is 994 g/mol. The number of esters is 1. The first-order valence-corrected chi connectivity index (χ1v) is 30.4. The van der Waals surface area contributed by atoms with E-state index in [4.69, 9.17) is 18.9 Å². The maximum absolute atomic E-state index is 12.9. The van der Waals surface area contributed by atoms with Crippen LogP contribution in [0.3, 0.4) is 0 Å². The molecule has 9 nitrogen and oxygen atoms in total. The van der Waals surface area contributed by atoms with E-state index in [2.05, 4.69) is 38.2 Å². The molecular weight excluding hydrogens is 877 g/mol. The predicted molar refractivity (Wildman–Crippen MR) is 293 cm³/mol. The Balaban J connectivity index is 2.12. The summed E-state index contributed by atoms with van der Waals surface area (Å²) in [6.07, 6.45) is 58.1. The van der Waals surface area contributed by atoms with Gasteiger partial charge < -0.3 is 39.4 Å². The number of unbranched alkanes of at least 4 members (excludes halogenated alkanes) is 39. The van der Waals surface area contributed by atoms with Crippen LogP contribution in [-0.4, -0.2) is 89.6 Å². The Kier molecular flexibility index (Phi) is 50.0. The highest BCUT2D eigenvalue weighted by molar-refractivity contribution is 5.69. The van der Waals surface area contributed by atoms with E-state index in [9.17, 15) is 25.2 Å². The number of ether oxygens (including phenoxy) is 4. The molecule has 1 fully saturated rings. The second-order valence-electron chi connectivity index (χ2n) is 21.1. The molecule has 0 aromatic heterocycles. The van der Waals surface area contributed by atoms with Gasteiger partial charge in [-0.3, -0.25) is 4.79 Å². The molecule has 1 aliphatic heterocycles. The van der Waals surface area contributed by atoms with Crippen LogP contribution < -0.4 is 0 Å². The molecule has 0 radical (unpaired) electrons. The second kappa shape index (κ2) is 52.5. The van der Waals surface area contributed by atoms with Crippen LogP contribution in [0, 0.1) is 0 Å². The molecule has 0 amide bonds. The zero-order chi connectivity index (χ0) is 50.6. The van der Waals surface area contributed by atoms with Crippen LogP contribution in [0.4, 0.5) is 0 Å². The first kappa shape index (κ1) is 66.7. The zero-order valence-corrected chi connectivity index (χ0v) is 46.0. The van der Waals surface area contributed by atoms with Crippen molar-refractivity contribution >= 4 is 5.97 Å². The zero-order valence-electron chi connectivity index (χ0n) is 46.0. The highest BCUT2D eigenvalue weighted by atomic mass is 16.7. The van der Waals surface area contributed by atoms with Gasteiger partial charge in [0.25, 0.3) is 0 Å². The Hall–Kier alpha value is -1.33. The van der Waals surface area contributed by atoms with Gasteiger partial charge in [-0.15, -0.1) is 0 Å². The minimum atomic E-state index is -1.54. The fourth-order valence-electron chi connectivity index (χ4n) is 9.60. The molecule has 0 aliphatic carbocycles. The number of hydrogen-bond acceptors (Lipinski definition) is 9. The smallest absolute Gasteiger partial charge is 0.306 e. The topological polar surface area (TPSA) is 135 Å². The Labute approximate surface area is 432 Å². The minimum Gasteiger partial charge on any atom is -0.457 e. The lowest BCUT2D eigenvalue weighted by atomic mass is 9.99. The van der Waals surface area contributed by atoms with Crippen LogP contribution in [0.15, 0.2) is 24.3 Å². The maximum Gasteiger partial charge on any atom is 0.306 e. The quantitative estimate of drug-likeness (QED) is 0.0267. The van der Waals surface area contributed by atoms with Gasteiger partial charge in [-0.25, -0.2) is 0 Å². The molecule has 0 spiro atoms. The highest BCUT2D eigenvalue weighted by Crippen LogP contribution is 2.23. The van der Waals surface area contributed by atoms with E-state index in [-0.39, 0.29) is 19.2 Å². The van der Waals surface area contributed by atoms with Crippen molar-refractivity contribution in [3.05, 3.63) is 24.3 Å². The lowest BCUT2D eigenvalue weighted by Crippen LogP contribution is -2.59. The predicted octanol–water partition coefficient (Wildman–Crippen LogP) is 16.0. The molecule has 1 aliphatic rings. The lowest BCUT2D eigenvalue weighted by molar-refractivity contribution is -0.305. The summed E-state index contributed by atoms with van der Waals surface area (Å²) in [5.41, 5.74) is 0. The third-order valence-corrected chi connectivity index (χ3v) is 14.3. The molecule has 414 valence electrons. The van der Waals surface area contributed by atoms with Gasteiger partial charge in [0, 0.05) is 13.0 Å². The van der Waals surface area contributed by atoms with Gasteiger partial charge in [0.05, 0.1) is 19.8 Å². The first-order chi connectivity index (χ1) is 34.4. The fourth-order valence-corrected chi connectivity index (χ4v) is 9.60. The number of aliphatic hydroxyl groups is 4. The van der Waals surface area contributed by atoms with Gasteiger partial charge in [-0.2, -0.15) is 0 Å². The van der Waals surface area contributed by atoms with Crippen LogP contribution >= 0.6 is 0 Å². The monoisotopic (exact) mass is 993 g/mol. The lowest BCUT2D eigenvalue weighted by Gasteiger charge is -2.39. The molecule has 6 atom stereocenters. The number of carbonyl (C=O) groups excluding carboxylic acids is 1. The van der Waals surface area contributed by atoms with Crippen molar-refractivity contribution in [2.24, 2.45) is 0 Å². The minimum absolute atomic E-state index is 0.109. The molecule has 1 saturated heterocycles. The van der Waals surface area contributed by atoms with Crippen molar-refractivity contribution in [1.82, 2.24) is 0 Å². The van der Waals surface area contributed by atoms with Crippen molar-refractivity contribution in [2.45, 2.75) is 333 Å². The van der Waals surface area contributed by atoms with Crippen LogP contribution in [0.2, 0.25) is 0 Å². The van der Waals surface area contributed by atoms with Gasteiger partial charge in [0.1, 0.15) is 30.5 Å². The van der Waals surface area contributed by atoms with Gasteiger partial charge in [0.15, 0.2) is 6.29 Å². The summed E-state index contributed by atoms with van der Waals surface area (Å²) in [6, 6.07) is 0. The highest BCUT2D eigenvalue weighted by Gasteiger charge is 2.44. The van der Waals surface area contributed by atoms with E-state index >= 15 is 0 Å². The van der Waals surface area contributed by atoms with E-state index in [1.165, 1.54) is 244 Å². The average Bonchev–Trinajstić information content (AvgIpc) is 3.36. The van der Waals surface area contributed by atoms with Crippen molar-refractivity contribution in [1.29, 1.82) is 0 Å². The van der Waals surface area contributed by atoms with E-state index in [0.717, 1.165) is 32.1 Å². The molecule has 6 unspecified atom stereocenters. The van der Waals surface area contributed by atoms with Gasteiger partial charge in [0.2, 0.25) is 0 Å². The molecule has 0 bridgehead atoms. The number of allylic oxidation sites excluding steroid dienone is 4. The van der Waals surface area contributed by atoms with Crippen LogP contribution in [0.1, 0.15) is 296 Å². The number of aliphatic hydroxyl groups excluding tert-OH is 4. The normalized spacial score (nSPS) is 19.0. The molecule has 0 aromatic rings. The summed E-state index contributed by atoms with van der Waals surface area (Å²) in [5.74, 6) is -0.308. The molecule has 0 saturated carbocycles. The maximum atomic E-state index is 12.9. The van der Waals surface area contributed by atoms with Crippen molar-refractivity contribution in [3.63, 3.8) is 0 Å². The standard InChI is InChI=1S/C61H116O9/c1-3-5-7-9-11-13-15-17-19-21-23-25-27-29-31-33-35-37-39-41-43-45-47-49-51-67-53-55(54-68-61-60(66)59(65)58(64)56(52-62)70-61)69-57(63)50-48-46-44-42-40-38-36-34-32-30-28-26-24-22-20-18-16-14-12-10-8-6-4-2/h21-24,55-56,58-62,64-66H,3-20,25-54H2,1-2H3/b23-21-,24-22-. The Morgan fingerprint density at radius 3 is 1.16 bits per heavy atom. The Morgan fingerprint density at radius 1 is 0.443 bits per heavy atom. The third-order valence-electron chi connectivity index (χ3n) is 14.3. The molecular formula is C61H116O9. The van der Waals surface area contributed by atoms with Gasteiger partial charge >= 0.3 is 5.97 Å². The SMILES string of the molecule is CCCCCCCCCC/C=C\CCCCCCCCCCCCCCOCC(COC1OC(CO)C(O)C(O)C1O)OC(=O)CCCCCCCCCCCCC/C=C\CCCCCCCCCC. The molecule has 9 heteroatoms. The largest absolute Gasteiger partial charge is 0.457 e. The summed E-state index contributed by atoms with van der Waals surface area (Å²) >= 11 is 0. The molecule has 70 heavy (non-hydrogen) atoms. The van der Waals surface area contributed by atoms with Crippen molar-refractivity contribution in [3.8, 4) is 0 Å². The van der Waals surface area contributed by atoms with Gasteiger partial charge in [-0.1, -0.05) is 250 Å². The summed E-state index contributed by atoms with van der Waals surface area (Å²) in [6.45, 7) is 4.62. The Bertz CT molecular complexity index is 1130. The van der Waals surface area contributed by atoms with Crippen LogP contribution in [0.5, 0.6) is 0 Å². The first-order valence-electron chi connectivity index (χ1n) is 30.4. The summed E-state index contributed by atoms with van der Waals surface area (Å²) in [7, 11) is 0. The number of hydrogen-bond donors (Lipinski definition) is 4. The van der Waals surface area contributed by atoms with Gasteiger partial charge in [-0.05, 0) is 64.2 Å². The van der Waals surface area contributed by atoms with E-state index < -0.39 is 43.4 Å². The number of carbonyl (C=O) groups is 1. The van der Waals surface area contributed by atoms with E-state index in [0.29, 0.717) is 13.0 Å². The molecule has 1 heterocycles. The van der Waals surface area contributed by atoms with Crippen molar-refractivity contribution < 1.29 is 44.2 Å². The van der Waals surface area contributed by atoms with Crippen LogP contribution in [0.25, 0.3) is 0 Å². The fraction of sp³-hybridized carbons (Fsp3) is 0.918. The summed E-state index contributed by atoms with van der Waals surface area (Å²) in [4.78, 5) is 12.9. The third kappa shape index (κ3) is 42.1. The number of rotatable bonds is 54. The summed E-state index contributed by atoms with van der Waals surface area (Å²) < 4.78 is 23.0. The summed E-state index contributed by atoms with van der Waals surface area (Å²) in [5, 5.41) is 40.4. The molecule has 4 N–H and O–H groups in total. The molecule has 0 aromatic carbocycles.